The number of carboxylic acids is 1. The van der Waals surface area contributed by atoms with Crippen molar-refractivity contribution in [1.82, 2.24) is 10.2 Å². The Labute approximate surface area is 119 Å². The predicted molar refractivity (Wildman–Crippen MR) is 77.3 cm³/mol. The van der Waals surface area contributed by atoms with Crippen molar-refractivity contribution in [1.29, 1.82) is 0 Å². The summed E-state index contributed by atoms with van der Waals surface area (Å²) in [6.45, 7) is 1.93. The van der Waals surface area contributed by atoms with Crippen molar-refractivity contribution in [3.05, 3.63) is 46.5 Å². The average Bonchev–Trinajstić information content (AvgIpc) is 2.80. The maximum absolute atomic E-state index is 10.5. The molecule has 1 aromatic carbocycles. The Hall–Kier alpha value is -1.66. The highest BCUT2D eigenvalue weighted by Crippen LogP contribution is 2.25. The van der Waals surface area contributed by atoms with E-state index < -0.39 is 5.97 Å². The largest absolute Gasteiger partial charge is 0.478 e. The Kier molecular flexibility index (Phi) is 4.70. The van der Waals surface area contributed by atoms with Crippen molar-refractivity contribution < 1.29 is 9.90 Å². The third kappa shape index (κ3) is 4.50. The van der Waals surface area contributed by atoms with Gasteiger partial charge in [0, 0.05) is 11.8 Å². The molecule has 1 aromatic heterocycles. The van der Waals surface area contributed by atoms with E-state index >= 15 is 0 Å². The van der Waals surface area contributed by atoms with Gasteiger partial charge < -0.3 is 5.11 Å². The van der Waals surface area contributed by atoms with Gasteiger partial charge in [-0.25, -0.2) is 4.79 Å². The summed E-state index contributed by atoms with van der Waals surface area (Å²) >= 11 is 3.21. The molecule has 0 saturated heterocycles. The molecule has 0 unspecified atom stereocenters. The summed E-state index contributed by atoms with van der Waals surface area (Å²) < 4.78 is 0.948. The van der Waals surface area contributed by atoms with Crippen LogP contribution in [0.15, 0.2) is 34.7 Å². The van der Waals surface area contributed by atoms with Crippen molar-refractivity contribution in [2.24, 2.45) is 0 Å². The molecule has 0 saturated carbocycles. The van der Waals surface area contributed by atoms with Gasteiger partial charge in [0.2, 0.25) is 0 Å². The molecule has 0 radical (unpaired) electrons. The van der Waals surface area contributed by atoms with Gasteiger partial charge in [-0.2, -0.15) is 0 Å². The van der Waals surface area contributed by atoms with Crippen LogP contribution in [0.2, 0.25) is 0 Å². The highest BCUT2D eigenvalue weighted by atomic mass is 32.2. The highest BCUT2D eigenvalue weighted by Gasteiger charge is 2.02. The zero-order valence-corrected chi connectivity index (χ0v) is 11.9. The van der Waals surface area contributed by atoms with E-state index in [2.05, 4.69) is 10.2 Å². The van der Waals surface area contributed by atoms with E-state index in [9.17, 15) is 4.79 Å². The van der Waals surface area contributed by atoms with Crippen LogP contribution >= 0.6 is 23.1 Å². The van der Waals surface area contributed by atoms with Gasteiger partial charge in [0.25, 0.3) is 0 Å². The second kappa shape index (κ2) is 6.49. The van der Waals surface area contributed by atoms with Crippen molar-refractivity contribution in [2.45, 2.75) is 17.0 Å². The number of nitrogens with zero attached hydrogens (tertiary/aromatic N) is 2. The number of aliphatic carboxylic acids is 1. The summed E-state index contributed by atoms with van der Waals surface area (Å²) in [5.74, 6) is -0.146. The molecule has 0 aliphatic carbocycles. The molecule has 2 aromatic rings. The molecule has 4 nitrogen and oxygen atoms in total. The van der Waals surface area contributed by atoms with Gasteiger partial charge in [-0.05, 0) is 24.1 Å². The van der Waals surface area contributed by atoms with Crippen molar-refractivity contribution in [3.8, 4) is 0 Å². The Bertz CT molecular complexity index is 608. The SMILES string of the molecule is Cc1nnc(SCc2cccc(/C=C/C(=O)O)c2)s1. The number of carboxylic acid groups (broad SMARTS) is 1. The molecule has 0 atom stereocenters. The van der Waals surface area contributed by atoms with Crippen LogP contribution in [-0.2, 0) is 10.5 Å². The molecule has 0 aliphatic rings. The first-order valence-electron chi connectivity index (χ1n) is 5.56. The quantitative estimate of drug-likeness (QED) is 0.677. The summed E-state index contributed by atoms with van der Waals surface area (Å²) in [6.07, 6.45) is 2.73. The zero-order chi connectivity index (χ0) is 13.7. The van der Waals surface area contributed by atoms with Gasteiger partial charge in [0.15, 0.2) is 4.34 Å². The fourth-order valence-corrected chi connectivity index (χ4v) is 3.19. The maximum Gasteiger partial charge on any atom is 0.328 e. The van der Waals surface area contributed by atoms with E-state index in [1.165, 1.54) is 0 Å². The van der Waals surface area contributed by atoms with Crippen molar-refractivity contribution >= 4 is 35.1 Å². The molecule has 0 amide bonds. The molecule has 0 bridgehead atoms. The zero-order valence-electron chi connectivity index (χ0n) is 10.2. The molecule has 0 fully saturated rings. The first kappa shape index (κ1) is 13.8. The lowest BCUT2D eigenvalue weighted by atomic mass is 10.1. The van der Waals surface area contributed by atoms with Crippen LogP contribution in [-0.4, -0.2) is 21.3 Å². The monoisotopic (exact) mass is 292 g/mol. The number of aryl methyl sites for hydroxylation is 1. The van der Waals surface area contributed by atoms with Gasteiger partial charge >= 0.3 is 5.97 Å². The molecule has 19 heavy (non-hydrogen) atoms. The number of aromatic nitrogens is 2. The topological polar surface area (TPSA) is 63.1 Å². The minimum Gasteiger partial charge on any atom is -0.478 e. The van der Waals surface area contributed by atoms with Crippen molar-refractivity contribution in [3.63, 3.8) is 0 Å². The molecule has 98 valence electrons. The fourth-order valence-electron chi connectivity index (χ4n) is 1.44. The van der Waals surface area contributed by atoms with Gasteiger partial charge in [0.05, 0.1) is 0 Å². The summed E-state index contributed by atoms with van der Waals surface area (Å²) in [4.78, 5) is 10.5. The maximum atomic E-state index is 10.5. The minimum atomic E-state index is -0.941. The van der Waals surface area contributed by atoms with E-state index in [4.69, 9.17) is 5.11 Å². The minimum absolute atomic E-state index is 0.795. The Morgan fingerprint density at radius 1 is 1.47 bits per heavy atom. The summed E-state index contributed by atoms with van der Waals surface area (Å²) in [6, 6.07) is 7.78. The second-order valence-electron chi connectivity index (χ2n) is 3.79. The molecule has 0 aliphatic heterocycles. The molecule has 1 heterocycles. The molecule has 1 N–H and O–H groups in total. The third-order valence-electron chi connectivity index (χ3n) is 2.24. The van der Waals surface area contributed by atoms with E-state index in [0.717, 1.165) is 32.3 Å². The summed E-state index contributed by atoms with van der Waals surface area (Å²) in [7, 11) is 0. The van der Waals surface area contributed by atoms with E-state index in [-0.39, 0.29) is 0 Å². The van der Waals surface area contributed by atoms with Crippen LogP contribution in [0.3, 0.4) is 0 Å². The Morgan fingerprint density at radius 3 is 3.00 bits per heavy atom. The van der Waals surface area contributed by atoms with Crippen LogP contribution < -0.4 is 0 Å². The van der Waals surface area contributed by atoms with E-state index in [1.54, 1.807) is 29.2 Å². The van der Waals surface area contributed by atoms with Gasteiger partial charge in [-0.1, -0.05) is 47.4 Å². The van der Waals surface area contributed by atoms with Gasteiger partial charge in [-0.15, -0.1) is 10.2 Å². The number of thioether (sulfide) groups is 1. The highest BCUT2D eigenvalue weighted by molar-refractivity contribution is 8.00. The number of hydrogen-bond acceptors (Lipinski definition) is 5. The first-order valence-corrected chi connectivity index (χ1v) is 7.36. The Balaban J connectivity index is 2.00. The Morgan fingerprint density at radius 2 is 2.32 bits per heavy atom. The predicted octanol–water partition coefficient (Wildman–Crippen LogP) is 3.24. The fraction of sp³-hybridized carbons (Fsp3) is 0.154. The standard InChI is InChI=1S/C13H12N2O2S2/c1-9-14-15-13(19-9)18-8-11-4-2-3-10(7-11)5-6-12(16)17/h2-7H,8H2,1H3,(H,16,17)/b6-5+. The van der Waals surface area contributed by atoms with Gasteiger partial charge in [0.1, 0.15) is 5.01 Å². The molecule has 6 heteroatoms. The number of benzene rings is 1. The summed E-state index contributed by atoms with van der Waals surface area (Å²) in [5, 5.41) is 17.6. The first-order chi connectivity index (χ1) is 9.13. The smallest absolute Gasteiger partial charge is 0.328 e. The lowest BCUT2D eigenvalue weighted by Gasteiger charge is -2.00. The summed E-state index contributed by atoms with van der Waals surface area (Å²) in [5.41, 5.74) is 2.01. The van der Waals surface area contributed by atoms with E-state index in [0.29, 0.717) is 0 Å². The van der Waals surface area contributed by atoms with E-state index in [1.807, 2.05) is 31.2 Å². The second-order valence-corrected chi connectivity index (χ2v) is 6.20. The lowest BCUT2D eigenvalue weighted by molar-refractivity contribution is -0.131. The third-order valence-corrected chi connectivity index (χ3v) is 4.28. The van der Waals surface area contributed by atoms with Crippen LogP contribution in [0.1, 0.15) is 16.1 Å². The van der Waals surface area contributed by atoms with Gasteiger partial charge in [-0.3, -0.25) is 0 Å². The van der Waals surface area contributed by atoms with Crippen molar-refractivity contribution in [2.75, 3.05) is 0 Å². The normalized spacial score (nSPS) is 11.0. The molecular weight excluding hydrogens is 280 g/mol. The number of rotatable bonds is 5. The number of hydrogen-bond donors (Lipinski definition) is 1. The van der Waals surface area contributed by atoms with Crippen LogP contribution in [0.25, 0.3) is 6.08 Å². The number of carbonyl (C=O) groups is 1. The molecule has 2 rings (SSSR count). The molecular formula is C13H12N2O2S2. The van der Waals surface area contributed by atoms with Crippen LogP contribution in [0.5, 0.6) is 0 Å². The van der Waals surface area contributed by atoms with Crippen LogP contribution in [0, 0.1) is 6.92 Å². The lowest BCUT2D eigenvalue weighted by Crippen LogP contribution is -1.86. The average molecular weight is 292 g/mol. The van der Waals surface area contributed by atoms with Crippen LogP contribution in [0.4, 0.5) is 0 Å². The molecule has 0 spiro atoms.